The molecule has 7 heteroatoms. The highest BCUT2D eigenvalue weighted by Gasteiger charge is 2.17. The van der Waals surface area contributed by atoms with Gasteiger partial charge in [-0.05, 0) is 67.3 Å². The molecule has 3 rings (SSSR count). The molecule has 6 nitrogen and oxygen atoms in total. The third kappa shape index (κ3) is 6.47. The molecule has 1 aliphatic rings. The molecule has 0 bridgehead atoms. The van der Waals surface area contributed by atoms with Crippen molar-refractivity contribution in [2.45, 2.75) is 56.8 Å². The van der Waals surface area contributed by atoms with Crippen molar-refractivity contribution in [3.63, 3.8) is 0 Å². The Labute approximate surface area is 185 Å². The van der Waals surface area contributed by atoms with E-state index in [1.165, 1.54) is 57.8 Å². The monoisotopic (exact) mass is 444 g/mol. The molecule has 0 aromatic heterocycles. The molecule has 2 N–H and O–H groups in total. The van der Waals surface area contributed by atoms with E-state index in [2.05, 4.69) is 10.0 Å². The van der Waals surface area contributed by atoms with Gasteiger partial charge in [0.05, 0.1) is 17.7 Å². The summed E-state index contributed by atoms with van der Waals surface area (Å²) in [6.45, 7) is 2.46. The van der Waals surface area contributed by atoms with E-state index in [0.717, 1.165) is 6.42 Å². The van der Waals surface area contributed by atoms with Gasteiger partial charge < -0.3 is 10.1 Å². The Kier molecular flexibility index (Phi) is 7.96. The van der Waals surface area contributed by atoms with Gasteiger partial charge in [0.2, 0.25) is 0 Å². The molecule has 1 amide bonds. The number of anilines is 1. The molecular weight excluding hydrogens is 412 g/mol. The summed E-state index contributed by atoms with van der Waals surface area (Å²) in [6, 6.07) is 11.2. The zero-order valence-electron chi connectivity index (χ0n) is 18.3. The number of nitrogens with one attached hydrogen (secondary N) is 2. The molecule has 0 radical (unpaired) electrons. The van der Waals surface area contributed by atoms with Crippen molar-refractivity contribution in [2.24, 2.45) is 5.92 Å². The molecule has 0 spiro atoms. The van der Waals surface area contributed by atoms with Gasteiger partial charge >= 0.3 is 0 Å². The van der Waals surface area contributed by atoms with E-state index in [1.54, 1.807) is 37.3 Å². The smallest absolute Gasteiger partial charge is 0.261 e. The average molecular weight is 445 g/mol. The Bertz CT molecular complexity index is 979. The summed E-state index contributed by atoms with van der Waals surface area (Å²) in [5.74, 6) is 1.17. The van der Waals surface area contributed by atoms with Crippen LogP contribution in [0.4, 0.5) is 5.69 Å². The van der Waals surface area contributed by atoms with Crippen LogP contribution in [0, 0.1) is 12.8 Å². The van der Waals surface area contributed by atoms with Crippen LogP contribution in [-0.2, 0) is 10.0 Å². The second-order valence-corrected chi connectivity index (χ2v) is 9.90. The number of sulfonamides is 1. The molecule has 31 heavy (non-hydrogen) atoms. The first-order chi connectivity index (χ1) is 14.9. The average Bonchev–Trinajstić information content (AvgIpc) is 3.04. The van der Waals surface area contributed by atoms with Crippen LogP contribution in [0.5, 0.6) is 5.75 Å². The summed E-state index contributed by atoms with van der Waals surface area (Å²) in [7, 11) is -2.20. The first-order valence-corrected chi connectivity index (χ1v) is 12.4. The van der Waals surface area contributed by atoms with Crippen molar-refractivity contribution in [3.05, 3.63) is 53.6 Å². The Hall–Kier alpha value is -2.54. The molecule has 168 valence electrons. The number of aryl methyl sites for hydroxylation is 1. The summed E-state index contributed by atoms with van der Waals surface area (Å²) < 4.78 is 33.0. The largest absolute Gasteiger partial charge is 0.497 e. The number of carbonyl (C=O) groups excluding carboxylic acids is 1. The van der Waals surface area contributed by atoms with Crippen LogP contribution in [0.2, 0.25) is 0 Å². The minimum absolute atomic E-state index is 0.124. The molecule has 0 heterocycles. The lowest BCUT2D eigenvalue weighted by atomic mass is 9.97. The zero-order chi connectivity index (χ0) is 22.3. The molecule has 2 aromatic rings. The number of ether oxygens (including phenoxy) is 1. The van der Waals surface area contributed by atoms with Crippen molar-refractivity contribution in [3.8, 4) is 5.75 Å². The predicted molar refractivity (Wildman–Crippen MR) is 123 cm³/mol. The van der Waals surface area contributed by atoms with E-state index >= 15 is 0 Å². The van der Waals surface area contributed by atoms with Gasteiger partial charge in [0.25, 0.3) is 15.9 Å². The van der Waals surface area contributed by atoms with Gasteiger partial charge in [-0.15, -0.1) is 0 Å². The van der Waals surface area contributed by atoms with Crippen LogP contribution < -0.4 is 14.8 Å². The van der Waals surface area contributed by atoms with E-state index in [0.29, 0.717) is 35.0 Å². The topological polar surface area (TPSA) is 84.5 Å². The van der Waals surface area contributed by atoms with Crippen molar-refractivity contribution < 1.29 is 17.9 Å². The van der Waals surface area contributed by atoms with Crippen LogP contribution in [0.3, 0.4) is 0 Å². The fraction of sp³-hybridized carbons (Fsp3) is 0.458. The SMILES string of the molecule is COc1ccc(S(=O)(=O)Nc2ccc(C(=O)NCCC3CCCCCC3)cc2C)cc1. The Morgan fingerprint density at radius 3 is 2.32 bits per heavy atom. The van der Waals surface area contributed by atoms with Gasteiger partial charge in [-0.25, -0.2) is 8.42 Å². The lowest BCUT2D eigenvalue weighted by Gasteiger charge is -2.15. The molecule has 1 aliphatic carbocycles. The highest BCUT2D eigenvalue weighted by Crippen LogP contribution is 2.25. The number of rotatable bonds is 8. The molecule has 0 unspecified atom stereocenters. The maximum atomic E-state index is 12.7. The standard InChI is InChI=1S/C24H32N2O4S/c1-18-17-20(24(27)25-16-15-19-7-5-3-4-6-8-19)9-14-23(18)26-31(28,29)22-12-10-21(30-2)11-13-22/h9-14,17,19,26H,3-8,15-16H2,1-2H3,(H,25,27). The minimum atomic E-state index is -3.73. The summed E-state index contributed by atoms with van der Waals surface area (Å²) in [5, 5.41) is 3.01. The predicted octanol–water partition coefficient (Wildman–Crippen LogP) is 4.89. The zero-order valence-corrected chi connectivity index (χ0v) is 19.1. The number of carbonyl (C=O) groups is 1. The van der Waals surface area contributed by atoms with Gasteiger partial charge in [-0.2, -0.15) is 0 Å². The van der Waals surface area contributed by atoms with Crippen LogP contribution >= 0.6 is 0 Å². The van der Waals surface area contributed by atoms with Crippen LogP contribution in [0.1, 0.15) is 60.9 Å². The Balaban J connectivity index is 1.58. The molecule has 0 saturated heterocycles. The Morgan fingerprint density at radius 1 is 1.03 bits per heavy atom. The van der Waals surface area contributed by atoms with Crippen molar-refractivity contribution in [1.29, 1.82) is 0 Å². The number of benzene rings is 2. The number of hydrogen-bond acceptors (Lipinski definition) is 4. The molecule has 0 atom stereocenters. The van der Waals surface area contributed by atoms with Crippen LogP contribution in [0.15, 0.2) is 47.4 Å². The summed E-state index contributed by atoms with van der Waals surface area (Å²) in [6.07, 6.45) is 8.80. The highest BCUT2D eigenvalue weighted by atomic mass is 32.2. The number of methoxy groups -OCH3 is 1. The molecule has 1 saturated carbocycles. The van der Waals surface area contributed by atoms with Crippen LogP contribution in [0.25, 0.3) is 0 Å². The van der Waals surface area contributed by atoms with Gasteiger partial charge in [-0.3, -0.25) is 9.52 Å². The van der Waals surface area contributed by atoms with Crippen molar-refractivity contribution in [1.82, 2.24) is 5.32 Å². The van der Waals surface area contributed by atoms with E-state index in [9.17, 15) is 13.2 Å². The number of amides is 1. The maximum absolute atomic E-state index is 12.7. The van der Waals surface area contributed by atoms with E-state index in [-0.39, 0.29) is 10.8 Å². The first kappa shape index (κ1) is 23.1. The summed E-state index contributed by atoms with van der Waals surface area (Å²) in [4.78, 5) is 12.7. The third-order valence-electron chi connectivity index (χ3n) is 5.92. The summed E-state index contributed by atoms with van der Waals surface area (Å²) >= 11 is 0. The third-order valence-corrected chi connectivity index (χ3v) is 7.30. The quantitative estimate of drug-likeness (QED) is 0.568. The molecule has 2 aromatic carbocycles. The summed E-state index contributed by atoms with van der Waals surface area (Å²) in [5.41, 5.74) is 1.67. The molecular formula is C24H32N2O4S. The van der Waals surface area contributed by atoms with Gasteiger partial charge in [0.15, 0.2) is 0 Å². The van der Waals surface area contributed by atoms with Crippen LogP contribution in [-0.4, -0.2) is 28.0 Å². The van der Waals surface area contributed by atoms with E-state index in [4.69, 9.17) is 4.74 Å². The van der Waals surface area contributed by atoms with E-state index < -0.39 is 10.0 Å². The van der Waals surface area contributed by atoms with Gasteiger partial charge in [-0.1, -0.05) is 38.5 Å². The Morgan fingerprint density at radius 2 is 1.71 bits per heavy atom. The van der Waals surface area contributed by atoms with Crippen molar-refractivity contribution in [2.75, 3.05) is 18.4 Å². The molecule has 0 aliphatic heterocycles. The maximum Gasteiger partial charge on any atom is 0.261 e. The highest BCUT2D eigenvalue weighted by molar-refractivity contribution is 7.92. The lowest BCUT2D eigenvalue weighted by molar-refractivity contribution is 0.0951. The first-order valence-electron chi connectivity index (χ1n) is 10.9. The van der Waals surface area contributed by atoms with Crippen molar-refractivity contribution >= 4 is 21.6 Å². The normalized spacial score (nSPS) is 15.2. The minimum Gasteiger partial charge on any atom is -0.497 e. The van der Waals surface area contributed by atoms with E-state index in [1.807, 2.05) is 0 Å². The fourth-order valence-corrected chi connectivity index (χ4v) is 5.15. The second-order valence-electron chi connectivity index (χ2n) is 8.21. The lowest BCUT2D eigenvalue weighted by Crippen LogP contribution is -2.26. The van der Waals surface area contributed by atoms with Gasteiger partial charge in [0.1, 0.15) is 5.75 Å². The van der Waals surface area contributed by atoms with Gasteiger partial charge in [0, 0.05) is 12.1 Å². The molecule has 1 fully saturated rings. The fourth-order valence-electron chi connectivity index (χ4n) is 4.02. The second kappa shape index (κ2) is 10.7. The number of hydrogen-bond donors (Lipinski definition) is 2.